The summed E-state index contributed by atoms with van der Waals surface area (Å²) < 4.78 is 0. The number of hydrogen-bond donors (Lipinski definition) is 2. The van der Waals surface area contributed by atoms with Crippen molar-refractivity contribution in [2.24, 2.45) is 11.8 Å². The molecule has 1 aromatic carbocycles. The lowest BCUT2D eigenvalue weighted by Crippen LogP contribution is -2.24. The van der Waals surface area contributed by atoms with Gasteiger partial charge < -0.3 is 11.1 Å². The van der Waals surface area contributed by atoms with Gasteiger partial charge in [-0.05, 0) is 36.5 Å². The lowest BCUT2D eigenvalue weighted by molar-refractivity contribution is 0.268. The molecule has 0 amide bonds. The predicted octanol–water partition coefficient (Wildman–Crippen LogP) is 3.51. The number of nitrogens with one attached hydrogen (secondary N) is 1. The Hall–Kier alpha value is -1.18. The van der Waals surface area contributed by atoms with Crippen molar-refractivity contribution >= 4 is 11.4 Å². The summed E-state index contributed by atoms with van der Waals surface area (Å²) >= 11 is 0. The summed E-state index contributed by atoms with van der Waals surface area (Å²) in [4.78, 5) is 0. The van der Waals surface area contributed by atoms with Crippen LogP contribution in [0.25, 0.3) is 0 Å². The van der Waals surface area contributed by atoms with E-state index < -0.39 is 0 Å². The van der Waals surface area contributed by atoms with E-state index in [0.717, 1.165) is 29.8 Å². The van der Waals surface area contributed by atoms with Gasteiger partial charge in [0, 0.05) is 17.9 Å². The minimum atomic E-state index is 0.829. The summed E-state index contributed by atoms with van der Waals surface area (Å²) in [7, 11) is 0. The van der Waals surface area contributed by atoms with Gasteiger partial charge >= 0.3 is 0 Å². The van der Waals surface area contributed by atoms with Crippen molar-refractivity contribution in [2.75, 3.05) is 17.6 Å². The molecule has 0 aliphatic heterocycles. The molecule has 0 spiro atoms. The molecule has 2 atom stereocenters. The Morgan fingerprint density at radius 3 is 2.88 bits per heavy atom. The maximum absolute atomic E-state index is 5.75. The van der Waals surface area contributed by atoms with E-state index in [1.54, 1.807) is 0 Å². The van der Waals surface area contributed by atoms with Crippen LogP contribution >= 0.6 is 0 Å². The molecule has 1 aliphatic rings. The highest BCUT2D eigenvalue weighted by atomic mass is 14.9. The molecular weight excluding hydrogens is 196 g/mol. The Labute approximate surface area is 98.2 Å². The minimum Gasteiger partial charge on any atom is -0.399 e. The molecule has 3 N–H and O–H groups in total. The summed E-state index contributed by atoms with van der Waals surface area (Å²) in [6, 6.07) is 8.02. The standard InChI is InChI=1S/C14H22N2/c1-11-5-2-3-6-12(11)10-16-14-8-4-7-13(15)9-14/h4,7-9,11-12,16H,2-3,5-6,10,15H2,1H3. The lowest BCUT2D eigenvalue weighted by Gasteiger charge is -2.29. The van der Waals surface area contributed by atoms with Crippen LogP contribution in [0, 0.1) is 11.8 Å². The van der Waals surface area contributed by atoms with Crippen LogP contribution in [0.3, 0.4) is 0 Å². The number of rotatable bonds is 3. The fourth-order valence-corrected chi connectivity index (χ4v) is 2.59. The molecule has 2 rings (SSSR count). The van der Waals surface area contributed by atoms with Crippen molar-refractivity contribution in [1.29, 1.82) is 0 Å². The number of nitrogens with two attached hydrogens (primary N) is 1. The number of anilines is 2. The smallest absolute Gasteiger partial charge is 0.0360 e. The summed E-state index contributed by atoms with van der Waals surface area (Å²) in [6.07, 6.45) is 5.57. The van der Waals surface area contributed by atoms with Gasteiger partial charge in [0.05, 0.1) is 0 Å². The third-order valence-corrected chi connectivity index (χ3v) is 3.74. The van der Waals surface area contributed by atoms with E-state index in [1.807, 2.05) is 18.2 Å². The van der Waals surface area contributed by atoms with Gasteiger partial charge in [0.1, 0.15) is 0 Å². The second-order valence-electron chi connectivity index (χ2n) is 5.03. The number of hydrogen-bond acceptors (Lipinski definition) is 2. The first-order valence-electron chi connectivity index (χ1n) is 6.35. The fourth-order valence-electron chi connectivity index (χ4n) is 2.59. The average Bonchev–Trinajstić information content (AvgIpc) is 2.28. The molecule has 0 heterocycles. The Kier molecular flexibility index (Phi) is 3.70. The van der Waals surface area contributed by atoms with Gasteiger partial charge in [-0.15, -0.1) is 0 Å². The van der Waals surface area contributed by atoms with E-state index >= 15 is 0 Å². The third-order valence-electron chi connectivity index (χ3n) is 3.74. The van der Waals surface area contributed by atoms with E-state index in [2.05, 4.69) is 18.3 Å². The third kappa shape index (κ3) is 2.91. The summed E-state index contributed by atoms with van der Waals surface area (Å²) in [5.74, 6) is 1.69. The zero-order valence-corrected chi connectivity index (χ0v) is 10.1. The summed E-state index contributed by atoms with van der Waals surface area (Å²) in [5, 5.41) is 3.51. The number of nitrogen functional groups attached to an aromatic ring is 1. The molecule has 88 valence electrons. The molecule has 1 saturated carbocycles. The molecule has 16 heavy (non-hydrogen) atoms. The van der Waals surface area contributed by atoms with Gasteiger partial charge in [0.15, 0.2) is 0 Å². The van der Waals surface area contributed by atoms with Gasteiger partial charge in [0.25, 0.3) is 0 Å². The maximum atomic E-state index is 5.75. The van der Waals surface area contributed by atoms with Gasteiger partial charge in [-0.1, -0.05) is 32.3 Å². The van der Waals surface area contributed by atoms with E-state index in [1.165, 1.54) is 25.7 Å². The van der Waals surface area contributed by atoms with Gasteiger partial charge in [-0.25, -0.2) is 0 Å². The van der Waals surface area contributed by atoms with Gasteiger partial charge in [-0.3, -0.25) is 0 Å². The Bertz CT molecular complexity index is 335. The minimum absolute atomic E-state index is 0.829. The maximum Gasteiger partial charge on any atom is 0.0360 e. The van der Waals surface area contributed by atoms with Gasteiger partial charge in [0.2, 0.25) is 0 Å². The Balaban J connectivity index is 1.86. The van der Waals surface area contributed by atoms with Crippen LogP contribution in [0.4, 0.5) is 11.4 Å². The molecule has 2 unspecified atom stereocenters. The quantitative estimate of drug-likeness (QED) is 0.762. The Morgan fingerprint density at radius 2 is 2.12 bits per heavy atom. The zero-order chi connectivity index (χ0) is 11.4. The molecule has 1 aliphatic carbocycles. The first kappa shape index (κ1) is 11.3. The molecular formula is C14H22N2. The lowest BCUT2D eigenvalue weighted by atomic mass is 9.80. The van der Waals surface area contributed by atoms with Crippen molar-refractivity contribution in [3.05, 3.63) is 24.3 Å². The van der Waals surface area contributed by atoms with Crippen molar-refractivity contribution in [1.82, 2.24) is 0 Å². The first-order chi connectivity index (χ1) is 7.75. The molecule has 0 bridgehead atoms. The van der Waals surface area contributed by atoms with E-state index in [-0.39, 0.29) is 0 Å². The van der Waals surface area contributed by atoms with Crippen LogP contribution in [0.2, 0.25) is 0 Å². The topological polar surface area (TPSA) is 38.0 Å². The van der Waals surface area contributed by atoms with E-state index in [0.29, 0.717) is 0 Å². The van der Waals surface area contributed by atoms with Crippen LogP contribution < -0.4 is 11.1 Å². The molecule has 1 aromatic rings. The molecule has 0 radical (unpaired) electrons. The van der Waals surface area contributed by atoms with Crippen LogP contribution in [0.5, 0.6) is 0 Å². The molecule has 2 heteroatoms. The highest BCUT2D eigenvalue weighted by Crippen LogP contribution is 2.29. The van der Waals surface area contributed by atoms with E-state index in [4.69, 9.17) is 5.73 Å². The van der Waals surface area contributed by atoms with Crippen molar-refractivity contribution < 1.29 is 0 Å². The highest BCUT2D eigenvalue weighted by Gasteiger charge is 2.20. The van der Waals surface area contributed by atoms with Crippen LogP contribution in [0.15, 0.2) is 24.3 Å². The molecule has 2 nitrogen and oxygen atoms in total. The SMILES string of the molecule is CC1CCCCC1CNc1cccc(N)c1. The normalized spacial score (nSPS) is 25.3. The van der Waals surface area contributed by atoms with Crippen molar-refractivity contribution in [3.63, 3.8) is 0 Å². The molecule has 0 aromatic heterocycles. The Morgan fingerprint density at radius 1 is 1.31 bits per heavy atom. The predicted molar refractivity (Wildman–Crippen MR) is 70.5 cm³/mol. The molecule has 0 saturated heterocycles. The van der Waals surface area contributed by atoms with Crippen LogP contribution in [0.1, 0.15) is 32.6 Å². The fraction of sp³-hybridized carbons (Fsp3) is 0.571. The largest absolute Gasteiger partial charge is 0.399 e. The zero-order valence-electron chi connectivity index (χ0n) is 10.1. The molecule has 1 fully saturated rings. The van der Waals surface area contributed by atoms with Crippen molar-refractivity contribution in [3.8, 4) is 0 Å². The van der Waals surface area contributed by atoms with Gasteiger partial charge in [-0.2, -0.15) is 0 Å². The summed E-state index contributed by atoms with van der Waals surface area (Å²) in [6.45, 7) is 3.47. The summed E-state index contributed by atoms with van der Waals surface area (Å²) in [5.41, 5.74) is 7.74. The monoisotopic (exact) mass is 218 g/mol. The average molecular weight is 218 g/mol. The number of benzene rings is 1. The second-order valence-corrected chi connectivity index (χ2v) is 5.03. The first-order valence-corrected chi connectivity index (χ1v) is 6.35. The van der Waals surface area contributed by atoms with Crippen LogP contribution in [-0.2, 0) is 0 Å². The van der Waals surface area contributed by atoms with E-state index in [9.17, 15) is 0 Å². The highest BCUT2D eigenvalue weighted by molar-refractivity contribution is 5.54. The van der Waals surface area contributed by atoms with Crippen LogP contribution in [-0.4, -0.2) is 6.54 Å². The second kappa shape index (κ2) is 5.24. The van der Waals surface area contributed by atoms with Crippen molar-refractivity contribution in [2.45, 2.75) is 32.6 Å².